The standard InChI is InChI=1S/C14H23N3/c1-17(10-6-14-4-8-16-12-14)9-5-13-3-2-7-15-11-13/h2-3,7,11,14,16H,4-6,8-10,12H2,1H3. The van der Waals surface area contributed by atoms with Gasteiger partial charge in [0.15, 0.2) is 0 Å². The summed E-state index contributed by atoms with van der Waals surface area (Å²) in [5, 5.41) is 3.43. The van der Waals surface area contributed by atoms with E-state index in [0.29, 0.717) is 0 Å². The van der Waals surface area contributed by atoms with Gasteiger partial charge in [0.25, 0.3) is 0 Å². The van der Waals surface area contributed by atoms with Crippen LogP contribution in [0.2, 0.25) is 0 Å². The summed E-state index contributed by atoms with van der Waals surface area (Å²) in [6.07, 6.45) is 7.59. The summed E-state index contributed by atoms with van der Waals surface area (Å²) in [6.45, 7) is 4.78. The smallest absolute Gasteiger partial charge is 0.0300 e. The Morgan fingerprint density at radius 1 is 1.47 bits per heavy atom. The van der Waals surface area contributed by atoms with Crippen LogP contribution in [0.5, 0.6) is 0 Å². The van der Waals surface area contributed by atoms with Crippen LogP contribution >= 0.6 is 0 Å². The Balaban J connectivity index is 1.62. The van der Waals surface area contributed by atoms with E-state index in [1.165, 1.54) is 38.0 Å². The Labute approximate surface area is 104 Å². The average molecular weight is 233 g/mol. The molecular weight excluding hydrogens is 210 g/mol. The molecule has 0 aliphatic carbocycles. The first-order valence-electron chi connectivity index (χ1n) is 6.63. The fourth-order valence-corrected chi connectivity index (χ4v) is 2.34. The molecule has 0 bridgehead atoms. The SMILES string of the molecule is CN(CCc1cccnc1)CCC1CCNC1. The van der Waals surface area contributed by atoms with Crippen molar-refractivity contribution in [2.24, 2.45) is 5.92 Å². The molecule has 0 aromatic carbocycles. The van der Waals surface area contributed by atoms with Crippen LogP contribution in [-0.2, 0) is 6.42 Å². The molecule has 2 rings (SSSR count). The summed E-state index contributed by atoms with van der Waals surface area (Å²) in [4.78, 5) is 6.58. The molecule has 17 heavy (non-hydrogen) atoms. The third-order valence-corrected chi connectivity index (χ3v) is 3.59. The largest absolute Gasteiger partial charge is 0.316 e. The van der Waals surface area contributed by atoms with Crippen LogP contribution in [0.25, 0.3) is 0 Å². The van der Waals surface area contributed by atoms with E-state index in [0.717, 1.165) is 18.9 Å². The number of hydrogen-bond acceptors (Lipinski definition) is 3. The van der Waals surface area contributed by atoms with Gasteiger partial charge in [0, 0.05) is 18.9 Å². The van der Waals surface area contributed by atoms with Crippen LogP contribution < -0.4 is 5.32 Å². The minimum absolute atomic E-state index is 0.899. The highest BCUT2D eigenvalue weighted by Gasteiger charge is 2.14. The number of nitrogens with one attached hydrogen (secondary N) is 1. The molecule has 1 aromatic heterocycles. The van der Waals surface area contributed by atoms with E-state index in [2.05, 4.69) is 28.3 Å². The van der Waals surface area contributed by atoms with Gasteiger partial charge in [0.1, 0.15) is 0 Å². The molecule has 94 valence electrons. The Hall–Kier alpha value is -0.930. The zero-order valence-electron chi connectivity index (χ0n) is 10.7. The van der Waals surface area contributed by atoms with Crippen molar-refractivity contribution in [3.8, 4) is 0 Å². The van der Waals surface area contributed by atoms with E-state index in [9.17, 15) is 0 Å². The number of hydrogen-bond donors (Lipinski definition) is 1. The molecule has 0 amide bonds. The van der Waals surface area contributed by atoms with Crippen LogP contribution in [0.15, 0.2) is 24.5 Å². The van der Waals surface area contributed by atoms with Crippen LogP contribution in [0.1, 0.15) is 18.4 Å². The van der Waals surface area contributed by atoms with Gasteiger partial charge in [-0.25, -0.2) is 0 Å². The lowest BCUT2D eigenvalue weighted by molar-refractivity contribution is 0.308. The van der Waals surface area contributed by atoms with Gasteiger partial charge in [0.2, 0.25) is 0 Å². The third-order valence-electron chi connectivity index (χ3n) is 3.59. The summed E-state index contributed by atoms with van der Waals surface area (Å²) >= 11 is 0. The van der Waals surface area contributed by atoms with Gasteiger partial charge in [0.05, 0.1) is 0 Å². The minimum atomic E-state index is 0.899. The van der Waals surface area contributed by atoms with Crippen molar-refractivity contribution in [1.29, 1.82) is 0 Å². The summed E-state index contributed by atoms with van der Waals surface area (Å²) in [5.74, 6) is 0.899. The molecular formula is C14H23N3. The lowest BCUT2D eigenvalue weighted by atomic mass is 10.0. The highest BCUT2D eigenvalue weighted by molar-refractivity contribution is 5.08. The Morgan fingerprint density at radius 2 is 2.41 bits per heavy atom. The molecule has 2 heterocycles. The number of pyridine rings is 1. The molecule has 1 saturated heterocycles. The molecule has 1 aliphatic heterocycles. The predicted octanol–water partition coefficient (Wildman–Crippen LogP) is 1.56. The van der Waals surface area contributed by atoms with Gasteiger partial charge in [-0.2, -0.15) is 0 Å². The molecule has 1 aromatic rings. The van der Waals surface area contributed by atoms with E-state index in [1.807, 2.05) is 18.5 Å². The summed E-state index contributed by atoms with van der Waals surface area (Å²) < 4.78 is 0. The molecule has 0 spiro atoms. The second-order valence-corrected chi connectivity index (χ2v) is 5.06. The first-order valence-corrected chi connectivity index (χ1v) is 6.63. The molecule has 3 nitrogen and oxygen atoms in total. The summed E-state index contributed by atoms with van der Waals surface area (Å²) in [7, 11) is 2.22. The normalized spacial score (nSPS) is 20.0. The molecule has 1 N–H and O–H groups in total. The monoisotopic (exact) mass is 233 g/mol. The quantitative estimate of drug-likeness (QED) is 0.808. The lowest BCUT2D eigenvalue weighted by Gasteiger charge is -2.18. The van der Waals surface area contributed by atoms with Gasteiger partial charge in [-0.15, -0.1) is 0 Å². The predicted molar refractivity (Wildman–Crippen MR) is 71.0 cm³/mol. The summed E-state index contributed by atoms with van der Waals surface area (Å²) in [5.41, 5.74) is 1.34. The van der Waals surface area contributed by atoms with Crippen LogP contribution in [0.3, 0.4) is 0 Å². The van der Waals surface area contributed by atoms with Crippen molar-refractivity contribution < 1.29 is 0 Å². The highest BCUT2D eigenvalue weighted by Crippen LogP contribution is 2.12. The molecule has 1 unspecified atom stereocenters. The number of rotatable bonds is 6. The first kappa shape index (κ1) is 12.5. The Kier molecular flexibility index (Phi) is 4.95. The molecule has 0 radical (unpaired) electrons. The van der Waals surface area contributed by atoms with Crippen molar-refractivity contribution in [3.63, 3.8) is 0 Å². The lowest BCUT2D eigenvalue weighted by Crippen LogP contribution is -2.24. The second kappa shape index (κ2) is 6.72. The van der Waals surface area contributed by atoms with Gasteiger partial charge >= 0.3 is 0 Å². The molecule has 1 atom stereocenters. The van der Waals surface area contributed by atoms with Crippen LogP contribution in [0.4, 0.5) is 0 Å². The highest BCUT2D eigenvalue weighted by atomic mass is 15.1. The van der Waals surface area contributed by atoms with E-state index < -0.39 is 0 Å². The maximum absolute atomic E-state index is 4.14. The molecule has 1 fully saturated rings. The molecule has 3 heteroatoms. The van der Waals surface area contributed by atoms with E-state index in [4.69, 9.17) is 0 Å². The second-order valence-electron chi connectivity index (χ2n) is 5.06. The third kappa shape index (κ3) is 4.44. The molecule has 1 aliphatic rings. The Bertz CT molecular complexity index is 307. The number of nitrogens with zero attached hydrogens (tertiary/aromatic N) is 2. The number of aromatic nitrogens is 1. The Morgan fingerprint density at radius 3 is 3.12 bits per heavy atom. The van der Waals surface area contributed by atoms with Crippen molar-refractivity contribution in [2.75, 3.05) is 33.2 Å². The average Bonchev–Trinajstić information content (AvgIpc) is 2.88. The zero-order chi connectivity index (χ0) is 11.9. The van der Waals surface area contributed by atoms with Crippen molar-refractivity contribution >= 4 is 0 Å². The van der Waals surface area contributed by atoms with Gasteiger partial charge in [-0.1, -0.05) is 6.07 Å². The van der Waals surface area contributed by atoms with E-state index in [1.54, 1.807) is 0 Å². The van der Waals surface area contributed by atoms with Crippen molar-refractivity contribution in [2.45, 2.75) is 19.3 Å². The fraction of sp³-hybridized carbons (Fsp3) is 0.643. The zero-order valence-corrected chi connectivity index (χ0v) is 10.7. The van der Waals surface area contributed by atoms with Crippen molar-refractivity contribution in [3.05, 3.63) is 30.1 Å². The maximum Gasteiger partial charge on any atom is 0.0300 e. The summed E-state index contributed by atoms with van der Waals surface area (Å²) in [6, 6.07) is 4.17. The van der Waals surface area contributed by atoms with Gasteiger partial charge < -0.3 is 10.2 Å². The molecule has 0 saturated carbocycles. The van der Waals surface area contributed by atoms with Crippen LogP contribution in [0, 0.1) is 5.92 Å². The van der Waals surface area contributed by atoms with E-state index >= 15 is 0 Å². The first-order chi connectivity index (χ1) is 8.34. The number of likely N-dealkylation sites (N-methyl/N-ethyl adjacent to an activating group) is 1. The fourth-order valence-electron chi connectivity index (χ4n) is 2.34. The topological polar surface area (TPSA) is 28.2 Å². The van der Waals surface area contributed by atoms with Gasteiger partial charge in [-0.3, -0.25) is 4.98 Å². The maximum atomic E-state index is 4.14. The minimum Gasteiger partial charge on any atom is -0.316 e. The van der Waals surface area contributed by atoms with E-state index in [-0.39, 0.29) is 0 Å². The van der Waals surface area contributed by atoms with Crippen LogP contribution in [-0.4, -0.2) is 43.1 Å². The van der Waals surface area contributed by atoms with Crippen molar-refractivity contribution in [1.82, 2.24) is 15.2 Å². The van der Waals surface area contributed by atoms with Gasteiger partial charge in [-0.05, 0) is 63.5 Å².